The zero-order valence-corrected chi connectivity index (χ0v) is 19.9. The van der Waals surface area contributed by atoms with E-state index in [1.165, 1.54) is 30.5 Å². The zero-order valence-electron chi connectivity index (χ0n) is 18.4. The lowest BCUT2D eigenvalue weighted by Crippen LogP contribution is -2.24. The van der Waals surface area contributed by atoms with Crippen molar-refractivity contribution in [2.24, 2.45) is 0 Å². The number of sulfonamides is 1. The van der Waals surface area contributed by atoms with Gasteiger partial charge in [0.05, 0.1) is 16.0 Å². The number of carbonyl (C=O) groups is 1. The first-order valence-corrected chi connectivity index (χ1v) is 12.2. The summed E-state index contributed by atoms with van der Waals surface area (Å²) < 4.78 is 29.8. The summed E-state index contributed by atoms with van der Waals surface area (Å²) in [4.78, 5) is 30.3. The number of fused-ring (bicyclic) bond motifs is 1. The van der Waals surface area contributed by atoms with Crippen molar-refractivity contribution in [1.29, 1.82) is 0 Å². The van der Waals surface area contributed by atoms with E-state index in [0.717, 1.165) is 5.69 Å². The van der Waals surface area contributed by atoms with Crippen molar-refractivity contribution in [3.63, 3.8) is 0 Å². The third-order valence-electron chi connectivity index (χ3n) is 5.12. The van der Waals surface area contributed by atoms with Gasteiger partial charge >= 0.3 is 0 Å². The molecule has 0 atom stereocenters. The standard InChI is InChI=1S/C24H21ClN4O4S/c1-3-29-14-21(22(30)20-11-10-15(2)26-23(20)29)24(31)27-17-7-5-9-19(13-17)34(32,33)28-18-8-4-6-16(25)12-18/h4-14,28H,3H2,1-2H3,(H,27,31). The molecule has 4 aromatic rings. The van der Waals surface area contributed by atoms with Crippen molar-refractivity contribution >= 4 is 49.9 Å². The smallest absolute Gasteiger partial charge is 0.261 e. The molecule has 2 heterocycles. The van der Waals surface area contributed by atoms with Crippen LogP contribution in [0, 0.1) is 6.92 Å². The van der Waals surface area contributed by atoms with E-state index in [4.69, 9.17) is 11.6 Å². The number of aryl methyl sites for hydroxylation is 2. The van der Waals surface area contributed by atoms with Crippen LogP contribution in [0.25, 0.3) is 11.0 Å². The molecule has 174 valence electrons. The normalized spacial score (nSPS) is 11.4. The van der Waals surface area contributed by atoms with E-state index >= 15 is 0 Å². The van der Waals surface area contributed by atoms with Crippen molar-refractivity contribution in [2.75, 3.05) is 10.0 Å². The average molecular weight is 497 g/mol. The van der Waals surface area contributed by atoms with E-state index in [2.05, 4.69) is 15.0 Å². The van der Waals surface area contributed by atoms with Crippen LogP contribution in [0.15, 0.2) is 76.6 Å². The summed E-state index contributed by atoms with van der Waals surface area (Å²) in [5.74, 6) is -0.646. The molecule has 0 aliphatic carbocycles. The fraction of sp³-hybridized carbons (Fsp3) is 0.125. The van der Waals surface area contributed by atoms with Crippen molar-refractivity contribution in [3.8, 4) is 0 Å². The summed E-state index contributed by atoms with van der Waals surface area (Å²) in [6.45, 7) is 4.22. The molecular weight excluding hydrogens is 476 g/mol. The van der Waals surface area contributed by atoms with Crippen LogP contribution in [0.1, 0.15) is 23.0 Å². The van der Waals surface area contributed by atoms with Crippen LogP contribution < -0.4 is 15.5 Å². The van der Waals surface area contributed by atoms with Gasteiger partial charge in [0, 0.05) is 29.1 Å². The molecule has 0 radical (unpaired) electrons. The molecule has 4 rings (SSSR count). The molecule has 2 aromatic heterocycles. The van der Waals surface area contributed by atoms with Gasteiger partial charge < -0.3 is 9.88 Å². The molecule has 1 amide bonds. The average Bonchev–Trinajstić information content (AvgIpc) is 2.79. The maximum absolute atomic E-state index is 13.0. The van der Waals surface area contributed by atoms with Gasteiger partial charge in [0.1, 0.15) is 11.2 Å². The highest BCUT2D eigenvalue weighted by atomic mass is 35.5. The second kappa shape index (κ2) is 9.28. The number of hydrogen-bond donors (Lipinski definition) is 2. The number of rotatable bonds is 6. The number of hydrogen-bond acceptors (Lipinski definition) is 5. The predicted molar refractivity (Wildman–Crippen MR) is 133 cm³/mol. The third kappa shape index (κ3) is 4.80. The number of carbonyl (C=O) groups excluding carboxylic acids is 1. The number of nitrogens with one attached hydrogen (secondary N) is 2. The Morgan fingerprint density at radius 2 is 1.79 bits per heavy atom. The van der Waals surface area contributed by atoms with Gasteiger partial charge in [0.2, 0.25) is 5.43 Å². The summed E-state index contributed by atoms with van der Waals surface area (Å²) in [5.41, 5.74) is 1.28. The molecule has 0 bridgehead atoms. The summed E-state index contributed by atoms with van der Waals surface area (Å²) in [7, 11) is -3.94. The Bertz CT molecular complexity index is 1580. The molecule has 0 saturated heterocycles. The quantitative estimate of drug-likeness (QED) is 0.410. The Kier molecular flexibility index (Phi) is 6.41. The van der Waals surface area contributed by atoms with Crippen LogP contribution in [0.4, 0.5) is 11.4 Å². The number of benzene rings is 2. The summed E-state index contributed by atoms with van der Waals surface area (Å²) >= 11 is 5.93. The number of pyridine rings is 2. The number of amides is 1. The Morgan fingerprint density at radius 3 is 2.53 bits per heavy atom. The first-order valence-electron chi connectivity index (χ1n) is 10.4. The van der Waals surface area contributed by atoms with E-state index < -0.39 is 21.4 Å². The van der Waals surface area contributed by atoms with E-state index in [9.17, 15) is 18.0 Å². The van der Waals surface area contributed by atoms with Crippen molar-refractivity contribution < 1.29 is 13.2 Å². The zero-order chi connectivity index (χ0) is 24.5. The lowest BCUT2D eigenvalue weighted by molar-refractivity contribution is 0.102. The molecule has 8 nitrogen and oxygen atoms in total. The number of halogens is 1. The maximum atomic E-state index is 13.0. The van der Waals surface area contributed by atoms with E-state index in [1.54, 1.807) is 41.0 Å². The Balaban J connectivity index is 1.64. The summed E-state index contributed by atoms with van der Waals surface area (Å²) in [6.07, 6.45) is 1.47. The van der Waals surface area contributed by atoms with Crippen LogP contribution in [0.5, 0.6) is 0 Å². The lowest BCUT2D eigenvalue weighted by Gasteiger charge is -2.12. The summed E-state index contributed by atoms with van der Waals surface area (Å²) in [6, 6.07) is 15.4. The van der Waals surface area contributed by atoms with Crippen LogP contribution in [0.3, 0.4) is 0 Å². The molecule has 0 spiro atoms. The first kappa shape index (κ1) is 23.5. The largest absolute Gasteiger partial charge is 0.332 e. The van der Waals surface area contributed by atoms with Crippen molar-refractivity contribution in [3.05, 3.63) is 93.4 Å². The van der Waals surface area contributed by atoms with Gasteiger partial charge in [0.25, 0.3) is 15.9 Å². The van der Waals surface area contributed by atoms with Crippen LogP contribution >= 0.6 is 11.6 Å². The fourth-order valence-electron chi connectivity index (χ4n) is 3.47. The SMILES string of the molecule is CCn1cc(C(=O)Nc2cccc(S(=O)(=O)Nc3cccc(Cl)c3)c2)c(=O)c2ccc(C)nc21. The first-order chi connectivity index (χ1) is 16.2. The molecule has 0 aliphatic heterocycles. The Morgan fingerprint density at radius 1 is 1.06 bits per heavy atom. The number of aromatic nitrogens is 2. The monoisotopic (exact) mass is 496 g/mol. The van der Waals surface area contributed by atoms with E-state index in [-0.39, 0.29) is 16.1 Å². The van der Waals surface area contributed by atoms with Crippen LogP contribution in [-0.2, 0) is 16.6 Å². The van der Waals surface area contributed by atoms with Gasteiger partial charge in [-0.15, -0.1) is 0 Å². The van der Waals surface area contributed by atoms with Crippen molar-refractivity contribution in [1.82, 2.24) is 9.55 Å². The Labute approximate surface area is 201 Å². The highest BCUT2D eigenvalue weighted by molar-refractivity contribution is 7.92. The minimum atomic E-state index is -3.94. The van der Waals surface area contributed by atoms with Gasteiger partial charge in [-0.1, -0.05) is 23.7 Å². The molecular formula is C24H21ClN4O4S. The van der Waals surface area contributed by atoms with Gasteiger partial charge in [-0.3, -0.25) is 14.3 Å². The molecule has 0 saturated carbocycles. The Hall–Kier alpha value is -3.69. The van der Waals surface area contributed by atoms with Gasteiger partial charge in [-0.2, -0.15) is 0 Å². The minimum absolute atomic E-state index is 0.0607. The second-order valence-electron chi connectivity index (χ2n) is 7.58. The van der Waals surface area contributed by atoms with Crippen LogP contribution in [0.2, 0.25) is 5.02 Å². The maximum Gasteiger partial charge on any atom is 0.261 e. The fourth-order valence-corrected chi connectivity index (χ4v) is 4.75. The molecule has 2 aromatic carbocycles. The molecule has 0 aliphatic rings. The highest BCUT2D eigenvalue weighted by Gasteiger charge is 2.19. The lowest BCUT2D eigenvalue weighted by atomic mass is 10.1. The summed E-state index contributed by atoms with van der Waals surface area (Å²) in [5, 5.41) is 3.35. The van der Waals surface area contributed by atoms with Gasteiger partial charge in [-0.25, -0.2) is 13.4 Å². The molecule has 0 fully saturated rings. The topological polar surface area (TPSA) is 110 Å². The molecule has 34 heavy (non-hydrogen) atoms. The van der Waals surface area contributed by atoms with Gasteiger partial charge in [-0.05, 0) is 62.4 Å². The second-order valence-corrected chi connectivity index (χ2v) is 9.70. The molecule has 10 heteroatoms. The van der Waals surface area contributed by atoms with Crippen LogP contribution in [-0.4, -0.2) is 23.9 Å². The number of anilines is 2. The molecule has 2 N–H and O–H groups in total. The van der Waals surface area contributed by atoms with Crippen molar-refractivity contribution in [2.45, 2.75) is 25.3 Å². The molecule has 0 unspecified atom stereocenters. The minimum Gasteiger partial charge on any atom is -0.332 e. The van der Waals surface area contributed by atoms with Gasteiger partial charge in [0.15, 0.2) is 0 Å². The van der Waals surface area contributed by atoms with E-state index in [0.29, 0.717) is 28.3 Å². The predicted octanol–water partition coefficient (Wildman–Crippen LogP) is 4.43. The third-order valence-corrected chi connectivity index (χ3v) is 6.74. The highest BCUT2D eigenvalue weighted by Crippen LogP contribution is 2.22. The van der Waals surface area contributed by atoms with E-state index in [1.807, 2.05) is 13.8 Å². The number of nitrogens with zero attached hydrogens (tertiary/aromatic N) is 2.